The third kappa shape index (κ3) is 2.71. The van der Waals surface area contributed by atoms with Gasteiger partial charge in [0, 0.05) is 33.2 Å². The highest BCUT2D eigenvalue weighted by Crippen LogP contribution is 2.04. The highest BCUT2D eigenvalue weighted by molar-refractivity contribution is 5.25. The van der Waals surface area contributed by atoms with Crippen LogP contribution in [0.25, 0.3) is 0 Å². The number of nitrogens with one attached hydrogen (secondary N) is 1. The Morgan fingerprint density at radius 2 is 2.21 bits per heavy atom. The molecular formula is C9H17N3O2. The van der Waals surface area contributed by atoms with Gasteiger partial charge in [0.15, 0.2) is 6.29 Å². The minimum absolute atomic E-state index is 0.239. The summed E-state index contributed by atoms with van der Waals surface area (Å²) < 4.78 is 12.1. The van der Waals surface area contributed by atoms with E-state index in [1.165, 1.54) is 0 Å². The molecule has 14 heavy (non-hydrogen) atoms. The lowest BCUT2D eigenvalue weighted by Crippen LogP contribution is -2.24. The van der Waals surface area contributed by atoms with Gasteiger partial charge in [-0.3, -0.25) is 0 Å². The number of rotatable bonds is 6. The number of aromatic nitrogens is 2. The van der Waals surface area contributed by atoms with Crippen LogP contribution in [-0.4, -0.2) is 36.6 Å². The van der Waals surface area contributed by atoms with Crippen LogP contribution in [0.4, 0.5) is 5.95 Å². The van der Waals surface area contributed by atoms with E-state index in [2.05, 4.69) is 17.2 Å². The molecule has 0 spiro atoms. The molecule has 0 fully saturated rings. The number of anilines is 1. The molecule has 1 aromatic rings. The van der Waals surface area contributed by atoms with Crippen LogP contribution >= 0.6 is 0 Å². The van der Waals surface area contributed by atoms with Crippen molar-refractivity contribution < 1.29 is 9.47 Å². The van der Waals surface area contributed by atoms with Crippen molar-refractivity contribution in [3.05, 3.63) is 12.4 Å². The lowest BCUT2D eigenvalue weighted by atomic mass is 10.6. The molecule has 0 aliphatic rings. The normalized spacial score (nSPS) is 10.9. The van der Waals surface area contributed by atoms with Crippen molar-refractivity contribution >= 4 is 5.95 Å². The summed E-state index contributed by atoms with van der Waals surface area (Å²) in [6, 6.07) is 0. The molecule has 5 nitrogen and oxygen atoms in total. The maximum atomic E-state index is 5.05. The van der Waals surface area contributed by atoms with Crippen molar-refractivity contribution in [1.82, 2.24) is 9.55 Å². The monoisotopic (exact) mass is 199 g/mol. The fraction of sp³-hybridized carbons (Fsp3) is 0.667. The molecule has 0 saturated heterocycles. The van der Waals surface area contributed by atoms with Gasteiger partial charge >= 0.3 is 0 Å². The molecule has 1 N–H and O–H groups in total. The van der Waals surface area contributed by atoms with Crippen LogP contribution in [0.15, 0.2) is 12.4 Å². The summed E-state index contributed by atoms with van der Waals surface area (Å²) in [4.78, 5) is 4.17. The van der Waals surface area contributed by atoms with Crippen LogP contribution in [0.5, 0.6) is 0 Å². The molecule has 1 aromatic heterocycles. The molecule has 1 heterocycles. The largest absolute Gasteiger partial charge is 0.354 e. The zero-order valence-corrected chi connectivity index (χ0v) is 8.86. The second-order valence-electron chi connectivity index (χ2n) is 2.82. The number of hydrogen-bond donors (Lipinski definition) is 1. The molecule has 0 unspecified atom stereocenters. The Hall–Kier alpha value is -1.07. The standard InChI is InChI=1S/C9H17N3O2/c1-4-12-6-5-10-9(12)11-7-8(13-2)14-3/h5-6,8H,4,7H2,1-3H3,(H,10,11). The minimum atomic E-state index is -0.239. The number of nitrogens with zero attached hydrogens (tertiary/aromatic N) is 2. The van der Waals surface area contributed by atoms with Crippen molar-refractivity contribution in [2.45, 2.75) is 19.8 Å². The Labute approximate surface area is 84.0 Å². The highest BCUT2D eigenvalue weighted by Gasteiger charge is 2.06. The minimum Gasteiger partial charge on any atom is -0.354 e. The fourth-order valence-electron chi connectivity index (χ4n) is 1.17. The zero-order chi connectivity index (χ0) is 10.4. The topological polar surface area (TPSA) is 48.3 Å². The van der Waals surface area contributed by atoms with Crippen LogP contribution < -0.4 is 5.32 Å². The van der Waals surface area contributed by atoms with E-state index < -0.39 is 0 Å². The van der Waals surface area contributed by atoms with Crippen molar-refractivity contribution in [3.8, 4) is 0 Å². The number of imidazole rings is 1. The molecule has 0 atom stereocenters. The smallest absolute Gasteiger partial charge is 0.202 e. The van der Waals surface area contributed by atoms with Gasteiger partial charge in [-0.05, 0) is 6.92 Å². The summed E-state index contributed by atoms with van der Waals surface area (Å²) in [6.07, 6.45) is 3.45. The first kappa shape index (κ1) is 11.0. The lowest BCUT2D eigenvalue weighted by molar-refractivity contribution is -0.0915. The van der Waals surface area contributed by atoms with E-state index in [0.717, 1.165) is 12.5 Å². The van der Waals surface area contributed by atoms with Crippen molar-refractivity contribution in [2.24, 2.45) is 0 Å². The van der Waals surface area contributed by atoms with Gasteiger partial charge in [-0.25, -0.2) is 4.98 Å². The first-order valence-electron chi connectivity index (χ1n) is 4.62. The Balaban J connectivity index is 2.44. The van der Waals surface area contributed by atoms with E-state index in [-0.39, 0.29) is 6.29 Å². The summed E-state index contributed by atoms with van der Waals surface area (Å²) in [7, 11) is 3.23. The Kier molecular flexibility index (Phi) is 4.42. The van der Waals surface area contributed by atoms with Crippen molar-refractivity contribution in [2.75, 3.05) is 26.1 Å². The molecule has 0 radical (unpaired) electrons. The van der Waals surface area contributed by atoms with Gasteiger partial charge < -0.3 is 19.4 Å². The van der Waals surface area contributed by atoms with Gasteiger partial charge in [-0.15, -0.1) is 0 Å². The third-order valence-corrected chi connectivity index (χ3v) is 2.01. The fourth-order valence-corrected chi connectivity index (χ4v) is 1.17. The molecular weight excluding hydrogens is 182 g/mol. The molecule has 0 amide bonds. The molecule has 1 rings (SSSR count). The van der Waals surface area contributed by atoms with Gasteiger partial charge in [-0.2, -0.15) is 0 Å². The van der Waals surface area contributed by atoms with E-state index in [1.54, 1.807) is 20.4 Å². The van der Waals surface area contributed by atoms with E-state index in [0.29, 0.717) is 6.54 Å². The second-order valence-corrected chi connectivity index (χ2v) is 2.82. The van der Waals surface area contributed by atoms with E-state index in [9.17, 15) is 0 Å². The zero-order valence-electron chi connectivity index (χ0n) is 8.86. The average Bonchev–Trinajstić information content (AvgIpc) is 2.67. The molecule has 80 valence electrons. The molecule has 0 saturated carbocycles. The molecule has 5 heteroatoms. The average molecular weight is 199 g/mol. The number of hydrogen-bond acceptors (Lipinski definition) is 4. The van der Waals surface area contributed by atoms with Gasteiger partial charge in [0.1, 0.15) is 0 Å². The van der Waals surface area contributed by atoms with E-state index in [1.807, 2.05) is 10.8 Å². The van der Waals surface area contributed by atoms with Crippen LogP contribution in [-0.2, 0) is 16.0 Å². The number of methoxy groups -OCH3 is 2. The molecule has 0 aliphatic carbocycles. The Bertz CT molecular complexity index is 258. The predicted octanol–water partition coefficient (Wildman–Crippen LogP) is 0.934. The summed E-state index contributed by atoms with van der Waals surface area (Å²) in [6.45, 7) is 3.55. The highest BCUT2D eigenvalue weighted by atomic mass is 16.7. The molecule has 0 aliphatic heterocycles. The maximum absolute atomic E-state index is 5.05. The third-order valence-electron chi connectivity index (χ3n) is 2.01. The summed E-state index contributed by atoms with van der Waals surface area (Å²) in [5, 5.41) is 3.15. The van der Waals surface area contributed by atoms with Gasteiger partial charge in [0.25, 0.3) is 0 Å². The Morgan fingerprint density at radius 3 is 2.79 bits per heavy atom. The maximum Gasteiger partial charge on any atom is 0.202 e. The summed E-state index contributed by atoms with van der Waals surface area (Å²) >= 11 is 0. The van der Waals surface area contributed by atoms with Crippen molar-refractivity contribution in [3.63, 3.8) is 0 Å². The molecule has 0 aromatic carbocycles. The molecule has 0 bridgehead atoms. The predicted molar refractivity (Wildman–Crippen MR) is 54.2 cm³/mol. The van der Waals surface area contributed by atoms with Crippen molar-refractivity contribution in [1.29, 1.82) is 0 Å². The van der Waals surface area contributed by atoms with E-state index in [4.69, 9.17) is 9.47 Å². The van der Waals surface area contributed by atoms with Crippen LogP contribution in [0.1, 0.15) is 6.92 Å². The SMILES string of the molecule is CCn1ccnc1NCC(OC)OC. The van der Waals surface area contributed by atoms with Gasteiger partial charge in [0.2, 0.25) is 5.95 Å². The van der Waals surface area contributed by atoms with Crippen LogP contribution in [0.3, 0.4) is 0 Å². The Morgan fingerprint density at radius 1 is 1.50 bits per heavy atom. The quantitative estimate of drug-likeness (QED) is 0.692. The van der Waals surface area contributed by atoms with E-state index >= 15 is 0 Å². The van der Waals surface area contributed by atoms with Crippen LogP contribution in [0, 0.1) is 0 Å². The summed E-state index contributed by atoms with van der Waals surface area (Å²) in [5.41, 5.74) is 0. The second kappa shape index (κ2) is 5.62. The number of aryl methyl sites for hydroxylation is 1. The van der Waals surface area contributed by atoms with Crippen LogP contribution in [0.2, 0.25) is 0 Å². The first-order valence-corrected chi connectivity index (χ1v) is 4.62. The lowest BCUT2D eigenvalue weighted by Gasteiger charge is -2.14. The number of ether oxygens (including phenoxy) is 2. The van der Waals surface area contributed by atoms with Gasteiger partial charge in [0.05, 0.1) is 6.54 Å². The first-order chi connectivity index (χ1) is 6.81. The summed E-state index contributed by atoms with van der Waals surface area (Å²) in [5.74, 6) is 0.839. The van der Waals surface area contributed by atoms with Gasteiger partial charge in [-0.1, -0.05) is 0 Å².